The Morgan fingerprint density at radius 3 is 2.48 bits per heavy atom. The monoisotopic (exact) mass is 316 g/mol. The van der Waals surface area contributed by atoms with Crippen molar-refractivity contribution >= 4 is 22.8 Å². The highest BCUT2D eigenvalue weighted by Gasteiger charge is 2.35. The molecule has 0 unspecified atom stereocenters. The number of aryl methyl sites for hydroxylation is 1. The van der Waals surface area contributed by atoms with Gasteiger partial charge in [-0.3, -0.25) is 9.59 Å². The van der Waals surface area contributed by atoms with E-state index in [1.165, 1.54) is 0 Å². The zero-order valence-corrected chi connectivity index (χ0v) is 13.9. The molecule has 1 aromatic heterocycles. The number of carbonyl (C=O) groups is 2. The van der Waals surface area contributed by atoms with E-state index in [9.17, 15) is 14.7 Å². The number of hydrogen-bond donors (Lipinski definition) is 2. The number of carbonyl (C=O) groups excluding carboxylic acids is 1. The van der Waals surface area contributed by atoms with Crippen molar-refractivity contribution in [2.45, 2.75) is 40.2 Å². The fourth-order valence-corrected chi connectivity index (χ4v) is 2.90. The van der Waals surface area contributed by atoms with Crippen molar-refractivity contribution in [2.24, 2.45) is 5.41 Å². The molecule has 2 N–H and O–H groups in total. The highest BCUT2D eigenvalue weighted by Crippen LogP contribution is 2.25. The molecule has 0 radical (unpaired) electrons. The number of nitrogens with zero attached hydrogens (tertiary/aromatic N) is 1. The van der Waals surface area contributed by atoms with Gasteiger partial charge in [-0.25, -0.2) is 0 Å². The van der Waals surface area contributed by atoms with E-state index in [-0.39, 0.29) is 19.0 Å². The molecule has 0 saturated heterocycles. The Labute approximate surface area is 136 Å². The topological polar surface area (TPSA) is 71.3 Å². The molecule has 2 rings (SSSR count). The van der Waals surface area contributed by atoms with Crippen molar-refractivity contribution in [3.8, 4) is 0 Å². The van der Waals surface area contributed by atoms with Crippen LogP contribution in [0, 0.1) is 12.3 Å². The van der Waals surface area contributed by atoms with Crippen LogP contribution in [0.4, 0.5) is 0 Å². The zero-order valence-electron chi connectivity index (χ0n) is 13.9. The van der Waals surface area contributed by atoms with Gasteiger partial charge in [-0.05, 0) is 37.3 Å². The molecule has 5 heteroatoms. The van der Waals surface area contributed by atoms with Crippen molar-refractivity contribution in [3.05, 3.63) is 36.0 Å². The second-order valence-corrected chi connectivity index (χ2v) is 6.00. The Balaban J connectivity index is 2.10. The fourth-order valence-electron chi connectivity index (χ4n) is 2.90. The summed E-state index contributed by atoms with van der Waals surface area (Å²) < 4.78 is 1.95. The standard InChI is InChI=1S/C18H24N2O3/c1-4-18(5-2,17(22)23)12-19-16(21)11-20-13(3)10-14-8-6-7-9-15(14)20/h6-10H,4-5,11-12H2,1-3H3,(H,19,21)(H,22,23). The van der Waals surface area contributed by atoms with Crippen molar-refractivity contribution in [2.75, 3.05) is 6.54 Å². The predicted octanol–water partition coefficient (Wildman–Crippen LogP) is 2.96. The number of fused-ring (bicyclic) bond motifs is 1. The van der Waals surface area contributed by atoms with Crippen LogP contribution in [-0.4, -0.2) is 28.1 Å². The Kier molecular flexibility index (Phi) is 5.08. The van der Waals surface area contributed by atoms with E-state index < -0.39 is 11.4 Å². The van der Waals surface area contributed by atoms with Gasteiger partial charge in [0.1, 0.15) is 6.54 Å². The Bertz CT molecular complexity index is 714. The maximum Gasteiger partial charge on any atom is 0.311 e. The summed E-state index contributed by atoms with van der Waals surface area (Å²) >= 11 is 0. The van der Waals surface area contributed by atoms with E-state index in [2.05, 4.69) is 5.32 Å². The summed E-state index contributed by atoms with van der Waals surface area (Å²) in [6.07, 6.45) is 0.981. The molecule has 0 saturated carbocycles. The van der Waals surface area contributed by atoms with Crippen LogP contribution in [0.25, 0.3) is 10.9 Å². The van der Waals surface area contributed by atoms with Crippen LogP contribution in [0.15, 0.2) is 30.3 Å². The molecule has 0 fully saturated rings. The van der Waals surface area contributed by atoms with E-state index in [0.29, 0.717) is 12.8 Å². The van der Waals surface area contributed by atoms with Gasteiger partial charge >= 0.3 is 5.97 Å². The second kappa shape index (κ2) is 6.86. The smallest absolute Gasteiger partial charge is 0.311 e. The summed E-state index contributed by atoms with van der Waals surface area (Å²) in [5.41, 5.74) is 1.14. The van der Waals surface area contributed by atoms with Crippen LogP contribution < -0.4 is 5.32 Å². The SMILES string of the molecule is CCC(CC)(CNC(=O)Cn1c(C)cc2ccccc21)C(=O)O. The maximum atomic E-state index is 12.3. The average molecular weight is 316 g/mol. The molecule has 2 aromatic rings. The molecule has 0 aliphatic heterocycles. The molecule has 0 bridgehead atoms. The number of para-hydroxylation sites is 1. The van der Waals surface area contributed by atoms with Crippen LogP contribution in [0.3, 0.4) is 0 Å². The molecule has 5 nitrogen and oxygen atoms in total. The van der Waals surface area contributed by atoms with Crippen LogP contribution >= 0.6 is 0 Å². The lowest BCUT2D eigenvalue weighted by Crippen LogP contribution is -2.43. The Hall–Kier alpha value is -2.30. The van der Waals surface area contributed by atoms with Gasteiger partial charge in [0.15, 0.2) is 0 Å². The minimum atomic E-state index is -0.885. The van der Waals surface area contributed by atoms with Gasteiger partial charge in [0.05, 0.1) is 5.41 Å². The van der Waals surface area contributed by atoms with E-state index in [1.807, 2.05) is 55.7 Å². The summed E-state index contributed by atoms with van der Waals surface area (Å²) in [6.45, 7) is 6.00. The lowest BCUT2D eigenvalue weighted by Gasteiger charge is -2.27. The quantitative estimate of drug-likeness (QED) is 0.825. The molecule has 1 amide bonds. The first kappa shape index (κ1) is 17.1. The number of benzene rings is 1. The first-order chi connectivity index (χ1) is 10.9. The highest BCUT2D eigenvalue weighted by atomic mass is 16.4. The Morgan fingerprint density at radius 2 is 1.87 bits per heavy atom. The number of carboxylic acids is 1. The first-order valence-electron chi connectivity index (χ1n) is 7.98. The normalized spacial score (nSPS) is 11.6. The Morgan fingerprint density at radius 1 is 1.22 bits per heavy atom. The molecule has 1 aromatic carbocycles. The number of aliphatic carboxylic acids is 1. The van der Waals surface area contributed by atoms with Crippen LogP contribution in [-0.2, 0) is 16.1 Å². The fraction of sp³-hybridized carbons (Fsp3) is 0.444. The number of aromatic nitrogens is 1. The van der Waals surface area contributed by atoms with Gasteiger partial charge in [0, 0.05) is 17.8 Å². The second-order valence-electron chi connectivity index (χ2n) is 6.00. The number of hydrogen-bond acceptors (Lipinski definition) is 2. The van der Waals surface area contributed by atoms with Gasteiger partial charge in [-0.2, -0.15) is 0 Å². The molecule has 0 spiro atoms. The van der Waals surface area contributed by atoms with Crippen LogP contribution in [0.2, 0.25) is 0 Å². The number of rotatable bonds is 7. The van der Waals surface area contributed by atoms with Crippen molar-refractivity contribution in [3.63, 3.8) is 0 Å². The summed E-state index contributed by atoms with van der Waals surface area (Å²) in [7, 11) is 0. The van der Waals surface area contributed by atoms with E-state index in [0.717, 1.165) is 16.6 Å². The molecule has 23 heavy (non-hydrogen) atoms. The maximum absolute atomic E-state index is 12.3. The third kappa shape index (κ3) is 3.38. The molecular weight excluding hydrogens is 292 g/mol. The van der Waals surface area contributed by atoms with Crippen LogP contribution in [0.5, 0.6) is 0 Å². The number of carboxylic acid groups (broad SMARTS) is 1. The van der Waals surface area contributed by atoms with Crippen LogP contribution in [0.1, 0.15) is 32.4 Å². The minimum absolute atomic E-state index is 0.159. The summed E-state index contributed by atoms with van der Waals surface area (Å²) in [6, 6.07) is 9.95. The lowest BCUT2D eigenvalue weighted by molar-refractivity contribution is -0.149. The predicted molar refractivity (Wildman–Crippen MR) is 90.3 cm³/mol. The summed E-state index contributed by atoms with van der Waals surface area (Å²) in [5, 5.41) is 13.3. The van der Waals surface area contributed by atoms with E-state index >= 15 is 0 Å². The van der Waals surface area contributed by atoms with E-state index in [1.54, 1.807) is 0 Å². The average Bonchev–Trinajstić information content (AvgIpc) is 2.84. The van der Waals surface area contributed by atoms with Gasteiger partial charge in [-0.1, -0.05) is 32.0 Å². The zero-order chi connectivity index (χ0) is 17.0. The molecule has 1 heterocycles. The molecular formula is C18H24N2O3. The van der Waals surface area contributed by atoms with Crippen molar-refractivity contribution < 1.29 is 14.7 Å². The third-order valence-electron chi connectivity index (χ3n) is 4.75. The molecule has 124 valence electrons. The highest BCUT2D eigenvalue weighted by molar-refractivity contribution is 5.84. The van der Waals surface area contributed by atoms with Gasteiger partial charge in [0.25, 0.3) is 0 Å². The van der Waals surface area contributed by atoms with Gasteiger partial charge in [-0.15, -0.1) is 0 Å². The first-order valence-corrected chi connectivity index (χ1v) is 7.98. The third-order valence-corrected chi connectivity index (χ3v) is 4.75. The van der Waals surface area contributed by atoms with Gasteiger partial charge in [0.2, 0.25) is 5.91 Å². The molecule has 0 aliphatic rings. The van der Waals surface area contributed by atoms with E-state index in [4.69, 9.17) is 0 Å². The number of amides is 1. The molecule has 0 atom stereocenters. The lowest BCUT2D eigenvalue weighted by atomic mass is 9.82. The van der Waals surface area contributed by atoms with Gasteiger partial charge < -0.3 is 15.0 Å². The summed E-state index contributed by atoms with van der Waals surface area (Å²) in [5.74, 6) is -1.02. The van der Waals surface area contributed by atoms with Crippen molar-refractivity contribution in [1.29, 1.82) is 0 Å². The minimum Gasteiger partial charge on any atom is -0.481 e. The largest absolute Gasteiger partial charge is 0.481 e. The molecule has 0 aliphatic carbocycles. The summed E-state index contributed by atoms with van der Waals surface area (Å²) in [4.78, 5) is 23.8. The van der Waals surface area contributed by atoms with Crippen molar-refractivity contribution in [1.82, 2.24) is 9.88 Å². The number of nitrogens with one attached hydrogen (secondary N) is 1.